The van der Waals surface area contributed by atoms with Gasteiger partial charge in [-0.05, 0) is 57.2 Å². The molecule has 0 fully saturated rings. The van der Waals surface area contributed by atoms with Gasteiger partial charge in [0.15, 0.2) is 6.10 Å². The summed E-state index contributed by atoms with van der Waals surface area (Å²) in [7, 11) is 0. The third-order valence-electron chi connectivity index (χ3n) is 5.28. The summed E-state index contributed by atoms with van der Waals surface area (Å²) < 4.78 is 10.9. The fourth-order valence-electron chi connectivity index (χ4n) is 3.90. The first kappa shape index (κ1) is 20.4. The highest BCUT2D eigenvalue weighted by atomic mass is 32.1. The lowest BCUT2D eigenvalue weighted by Crippen LogP contribution is -2.47. The van der Waals surface area contributed by atoms with E-state index in [9.17, 15) is 14.4 Å². The maximum atomic E-state index is 12.9. The van der Waals surface area contributed by atoms with Crippen LogP contribution in [0.1, 0.15) is 47.5 Å². The van der Waals surface area contributed by atoms with Crippen LogP contribution in [0.4, 0.5) is 10.7 Å². The maximum absolute atomic E-state index is 12.9. The highest BCUT2D eigenvalue weighted by Crippen LogP contribution is 2.39. The Morgan fingerprint density at radius 1 is 1.27 bits per heavy atom. The fraction of sp³-hybridized carbons (Fsp3) is 0.409. The number of hydrogen-bond acceptors (Lipinski definition) is 6. The number of aryl methyl sites for hydroxylation is 1. The number of esters is 1. The Bertz CT molecular complexity index is 999. The van der Waals surface area contributed by atoms with Crippen molar-refractivity contribution >= 4 is 39.8 Å². The Morgan fingerprint density at radius 2 is 2.03 bits per heavy atom. The standard InChI is InChI=1S/C22H24N2O5S/c1-3-28-22(27)19-14-8-4-7-11-17(14)30-20(19)23-18(25)12-24-15-9-5-6-10-16(15)29-13(2)21(24)26/h5-6,9-10,13H,3-4,7-8,11-12H2,1-2H3,(H,23,25). The number of benzene rings is 1. The van der Waals surface area contributed by atoms with E-state index in [0.717, 1.165) is 36.1 Å². The van der Waals surface area contributed by atoms with Crippen molar-refractivity contribution in [2.75, 3.05) is 23.4 Å². The van der Waals surface area contributed by atoms with Gasteiger partial charge in [0, 0.05) is 4.88 Å². The van der Waals surface area contributed by atoms with E-state index in [-0.39, 0.29) is 25.0 Å². The molecule has 0 bridgehead atoms. The van der Waals surface area contributed by atoms with Crippen molar-refractivity contribution in [1.82, 2.24) is 0 Å². The minimum Gasteiger partial charge on any atom is -0.479 e. The summed E-state index contributed by atoms with van der Waals surface area (Å²) in [5.74, 6) is -0.485. The van der Waals surface area contributed by atoms with E-state index in [1.807, 2.05) is 6.07 Å². The molecule has 158 valence electrons. The molecule has 7 nitrogen and oxygen atoms in total. The lowest BCUT2D eigenvalue weighted by atomic mass is 9.95. The Hall–Kier alpha value is -2.87. The highest BCUT2D eigenvalue weighted by Gasteiger charge is 2.33. The molecule has 2 aromatic rings. The second-order valence-corrected chi connectivity index (χ2v) is 8.44. The van der Waals surface area contributed by atoms with Crippen molar-refractivity contribution in [2.45, 2.75) is 45.6 Å². The molecule has 2 amide bonds. The molecule has 1 atom stereocenters. The van der Waals surface area contributed by atoms with Crippen LogP contribution >= 0.6 is 11.3 Å². The van der Waals surface area contributed by atoms with Gasteiger partial charge in [0.05, 0.1) is 17.9 Å². The summed E-state index contributed by atoms with van der Waals surface area (Å²) in [4.78, 5) is 40.7. The van der Waals surface area contributed by atoms with Gasteiger partial charge in [0.2, 0.25) is 5.91 Å². The molecule has 1 aromatic carbocycles. The van der Waals surface area contributed by atoms with E-state index in [1.165, 1.54) is 16.2 Å². The molecule has 30 heavy (non-hydrogen) atoms. The Morgan fingerprint density at radius 3 is 2.83 bits per heavy atom. The number of thiophene rings is 1. The van der Waals surface area contributed by atoms with Crippen LogP contribution < -0.4 is 15.0 Å². The number of amides is 2. The van der Waals surface area contributed by atoms with Crippen LogP contribution in [-0.2, 0) is 27.2 Å². The average Bonchev–Trinajstić information content (AvgIpc) is 3.09. The highest BCUT2D eigenvalue weighted by molar-refractivity contribution is 7.17. The Balaban J connectivity index is 1.58. The lowest BCUT2D eigenvalue weighted by Gasteiger charge is -2.32. The molecule has 0 spiro atoms. The molecule has 1 aliphatic heterocycles. The van der Waals surface area contributed by atoms with Gasteiger partial charge in [-0.15, -0.1) is 11.3 Å². The molecule has 0 saturated heterocycles. The van der Waals surface area contributed by atoms with Crippen molar-refractivity contribution in [3.8, 4) is 5.75 Å². The van der Waals surface area contributed by atoms with Gasteiger partial charge >= 0.3 is 5.97 Å². The van der Waals surface area contributed by atoms with E-state index in [4.69, 9.17) is 9.47 Å². The maximum Gasteiger partial charge on any atom is 0.341 e. The summed E-state index contributed by atoms with van der Waals surface area (Å²) >= 11 is 1.43. The lowest BCUT2D eigenvalue weighted by molar-refractivity contribution is -0.127. The van der Waals surface area contributed by atoms with E-state index >= 15 is 0 Å². The third-order valence-corrected chi connectivity index (χ3v) is 6.49. The van der Waals surface area contributed by atoms with Gasteiger partial charge in [-0.3, -0.25) is 14.5 Å². The normalized spacial score (nSPS) is 17.6. The molecule has 1 unspecified atom stereocenters. The van der Waals surface area contributed by atoms with Gasteiger partial charge in [0.1, 0.15) is 17.3 Å². The summed E-state index contributed by atoms with van der Waals surface area (Å²) in [5, 5.41) is 3.37. The van der Waals surface area contributed by atoms with Crippen LogP contribution in [0.25, 0.3) is 0 Å². The molecule has 2 aliphatic rings. The topological polar surface area (TPSA) is 84.9 Å². The SMILES string of the molecule is CCOC(=O)c1c(NC(=O)CN2C(=O)C(C)Oc3ccccc32)sc2c1CCCC2. The molecule has 8 heteroatoms. The summed E-state index contributed by atoms with van der Waals surface area (Å²) in [6.07, 6.45) is 3.12. The zero-order valence-corrected chi connectivity index (χ0v) is 17.8. The van der Waals surface area contributed by atoms with E-state index in [0.29, 0.717) is 22.0 Å². The zero-order chi connectivity index (χ0) is 21.3. The summed E-state index contributed by atoms with van der Waals surface area (Å²) in [5.41, 5.74) is 2.01. The minimum atomic E-state index is -0.670. The van der Waals surface area contributed by atoms with Gasteiger partial charge in [-0.1, -0.05) is 12.1 Å². The molecule has 1 aliphatic carbocycles. The molecule has 0 saturated carbocycles. The number of carbonyl (C=O) groups excluding carboxylic acids is 3. The van der Waals surface area contributed by atoms with Crippen LogP contribution in [0, 0.1) is 0 Å². The van der Waals surface area contributed by atoms with Gasteiger partial charge in [-0.2, -0.15) is 0 Å². The fourth-order valence-corrected chi connectivity index (χ4v) is 5.20. The predicted molar refractivity (Wildman–Crippen MR) is 114 cm³/mol. The van der Waals surface area contributed by atoms with Gasteiger partial charge in [-0.25, -0.2) is 4.79 Å². The number of para-hydroxylation sites is 2. The number of rotatable bonds is 5. The Kier molecular flexibility index (Phi) is 5.76. The largest absolute Gasteiger partial charge is 0.479 e. The first-order chi connectivity index (χ1) is 14.5. The summed E-state index contributed by atoms with van der Waals surface area (Å²) in [6, 6.07) is 7.14. The Labute approximate surface area is 179 Å². The minimum absolute atomic E-state index is 0.158. The van der Waals surface area contributed by atoms with E-state index < -0.39 is 12.1 Å². The molecule has 1 N–H and O–H groups in total. The molecule has 4 rings (SSSR count). The first-order valence-electron chi connectivity index (χ1n) is 10.2. The monoisotopic (exact) mass is 428 g/mol. The first-order valence-corrected chi connectivity index (χ1v) is 11.0. The van der Waals surface area contributed by atoms with Crippen LogP contribution in [0.5, 0.6) is 5.75 Å². The molecular weight excluding hydrogens is 404 g/mol. The second kappa shape index (κ2) is 8.47. The smallest absolute Gasteiger partial charge is 0.341 e. The molecule has 0 radical (unpaired) electrons. The average molecular weight is 429 g/mol. The second-order valence-electron chi connectivity index (χ2n) is 7.34. The van der Waals surface area contributed by atoms with Crippen molar-refractivity contribution in [1.29, 1.82) is 0 Å². The molecular formula is C22H24N2O5S. The third kappa shape index (κ3) is 3.79. The quantitative estimate of drug-likeness (QED) is 0.736. The van der Waals surface area contributed by atoms with Crippen molar-refractivity contribution in [2.24, 2.45) is 0 Å². The number of fused-ring (bicyclic) bond motifs is 2. The molecule has 2 heterocycles. The zero-order valence-electron chi connectivity index (χ0n) is 17.0. The number of nitrogens with zero attached hydrogens (tertiary/aromatic N) is 1. The van der Waals surface area contributed by atoms with E-state index in [1.54, 1.807) is 32.0 Å². The van der Waals surface area contributed by atoms with Crippen molar-refractivity contribution in [3.63, 3.8) is 0 Å². The van der Waals surface area contributed by atoms with Crippen molar-refractivity contribution in [3.05, 3.63) is 40.3 Å². The van der Waals surface area contributed by atoms with E-state index in [2.05, 4.69) is 5.32 Å². The predicted octanol–water partition coefficient (Wildman–Crippen LogP) is 3.56. The van der Waals surface area contributed by atoms with Crippen molar-refractivity contribution < 1.29 is 23.9 Å². The van der Waals surface area contributed by atoms with Crippen LogP contribution in [0.15, 0.2) is 24.3 Å². The van der Waals surface area contributed by atoms with Gasteiger partial charge in [0.25, 0.3) is 5.91 Å². The van der Waals surface area contributed by atoms with Crippen LogP contribution in [0.3, 0.4) is 0 Å². The number of carbonyl (C=O) groups is 3. The van der Waals surface area contributed by atoms with Crippen LogP contribution in [-0.4, -0.2) is 37.0 Å². The number of anilines is 2. The van der Waals surface area contributed by atoms with Crippen LogP contribution in [0.2, 0.25) is 0 Å². The van der Waals surface area contributed by atoms with Gasteiger partial charge < -0.3 is 14.8 Å². The number of nitrogens with one attached hydrogen (secondary N) is 1. The number of hydrogen-bond donors (Lipinski definition) is 1. The number of ether oxygens (including phenoxy) is 2. The molecule has 1 aromatic heterocycles. The summed E-state index contributed by atoms with van der Waals surface area (Å²) in [6.45, 7) is 3.54.